The maximum atomic E-state index is 12.5. The van der Waals surface area contributed by atoms with Crippen molar-refractivity contribution < 1.29 is 13.5 Å². The lowest BCUT2D eigenvalue weighted by molar-refractivity contribution is 0.165. The van der Waals surface area contributed by atoms with Crippen molar-refractivity contribution in [1.29, 1.82) is 0 Å². The molecule has 0 spiro atoms. The third-order valence-electron chi connectivity index (χ3n) is 3.46. The fourth-order valence-corrected chi connectivity index (χ4v) is 4.22. The first-order valence-corrected chi connectivity index (χ1v) is 8.90. The number of aliphatic hydroxyl groups excluding tert-OH is 1. The number of piperidine rings is 1. The third-order valence-corrected chi connectivity index (χ3v) is 5.98. The summed E-state index contributed by atoms with van der Waals surface area (Å²) >= 11 is 3.34. The summed E-state index contributed by atoms with van der Waals surface area (Å²) in [6.45, 7) is 1.01. The van der Waals surface area contributed by atoms with Gasteiger partial charge in [-0.1, -0.05) is 28.1 Å². The van der Waals surface area contributed by atoms with Crippen molar-refractivity contribution in [2.45, 2.75) is 23.1 Å². The van der Waals surface area contributed by atoms with E-state index in [-0.39, 0.29) is 12.5 Å². The Bertz CT molecular complexity index is 515. The van der Waals surface area contributed by atoms with Crippen molar-refractivity contribution in [3.8, 4) is 0 Å². The Morgan fingerprint density at radius 3 is 2.58 bits per heavy atom. The molecule has 1 heterocycles. The lowest BCUT2D eigenvalue weighted by Gasteiger charge is -2.30. The quantitative estimate of drug-likeness (QED) is 0.847. The van der Waals surface area contributed by atoms with Gasteiger partial charge in [-0.3, -0.25) is 0 Å². The molecule has 106 valence electrons. The number of nitrogens with zero attached hydrogens (tertiary/aromatic N) is 1. The van der Waals surface area contributed by atoms with Gasteiger partial charge in [0.25, 0.3) is 0 Å². The van der Waals surface area contributed by atoms with E-state index in [9.17, 15) is 13.5 Å². The number of benzene rings is 1. The van der Waals surface area contributed by atoms with Crippen LogP contribution < -0.4 is 0 Å². The molecule has 0 bridgehead atoms. The van der Waals surface area contributed by atoms with Gasteiger partial charge >= 0.3 is 0 Å². The Balaban J connectivity index is 2.20. The predicted octanol–water partition coefficient (Wildman–Crippen LogP) is 1.97. The fourth-order valence-electron chi connectivity index (χ4n) is 2.29. The van der Waals surface area contributed by atoms with Crippen LogP contribution >= 0.6 is 15.9 Å². The molecule has 19 heavy (non-hydrogen) atoms. The van der Waals surface area contributed by atoms with E-state index in [4.69, 9.17) is 0 Å². The second-order valence-electron chi connectivity index (χ2n) is 4.83. The van der Waals surface area contributed by atoms with Crippen molar-refractivity contribution in [2.24, 2.45) is 5.92 Å². The van der Waals surface area contributed by atoms with Gasteiger partial charge in [0.05, 0.1) is 4.90 Å². The van der Waals surface area contributed by atoms with Gasteiger partial charge in [-0.05, 0) is 36.5 Å². The molecule has 1 aromatic rings. The van der Waals surface area contributed by atoms with E-state index in [1.54, 1.807) is 12.1 Å². The van der Waals surface area contributed by atoms with Crippen LogP contribution in [-0.4, -0.2) is 37.5 Å². The van der Waals surface area contributed by atoms with Crippen molar-refractivity contribution in [1.82, 2.24) is 4.31 Å². The highest BCUT2D eigenvalue weighted by molar-refractivity contribution is 9.08. The van der Waals surface area contributed by atoms with Crippen LogP contribution in [0.5, 0.6) is 0 Å². The zero-order valence-corrected chi connectivity index (χ0v) is 13.0. The molecule has 1 atom stereocenters. The summed E-state index contributed by atoms with van der Waals surface area (Å²) in [6.07, 6.45) is 1.70. The molecular formula is C13H18BrNO3S. The van der Waals surface area contributed by atoms with E-state index in [0.29, 0.717) is 23.3 Å². The monoisotopic (exact) mass is 347 g/mol. The molecule has 1 fully saturated rings. The first-order valence-electron chi connectivity index (χ1n) is 6.34. The molecule has 1 N–H and O–H groups in total. The first kappa shape index (κ1) is 15.0. The summed E-state index contributed by atoms with van der Waals surface area (Å²) in [5.74, 6) is 0.0605. The smallest absolute Gasteiger partial charge is 0.243 e. The number of alkyl halides is 1. The molecule has 1 aliphatic rings. The highest BCUT2D eigenvalue weighted by Gasteiger charge is 2.29. The summed E-state index contributed by atoms with van der Waals surface area (Å²) in [6, 6.07) is 6.92. The number of halogens is 1. The molecule has 0 aromatic heterocycles. The van der Waals surface area contributed by atoms with Gasteiger partial charge in [0.15, 0.2) is 0 Å². The van der Waals surface area contributed by atoms with Gasteiger partial charge in [-0.25, -0.2) is 8.42 Å². The Morgan fingerprint density at radius 1 is 1.32 bits per heavy atom. The molecule has 0 saturated carbocycles. The fraction of sp³-hybridized carbons (Fsp3) is 0.538. The Kier molecular flexibility index (Phi) is 5.00. The van der Waals surface area contributed by atoms with E-state index >= 15 is 0 Å². The van der Waals surface area contributed by atoms with Gasteiger partial charge in [0.1, 0.15) is 0 Å². The summed E-state index contributed by atoms with van der Waals surface area (Å²) in [5, 5.41) is 9.90. The van der Waals surface area contributed by atoms with Crippen molar-refractivity contribution in [2.75, 3.05) is 19.7 Å². The zero-order chi connectivity index (χ0) is 13.9. The van der Waals surface area contributed by atoms with Crippen LogP contribution in [0.1, 0.15) is 18.4 Å². The molecule has 1 aromatic carbocycles. The SMILES string of the molecule is O=S(=O)(c1ccc(CBr)cc1)N1CCC[C@@H](CO)C1. The Labute approximate surface area is 122 Å². The lowest BCUT2D eigenvalue weighted by Crippen LogP contribution is -2.40. The zero-order valence-electron chi connectivity index (χ0n) is 10.6. The standard InChI is InChI=1S/C13H18BrNO3S/c14-8-11-3-5-13(6-4-11)19(17,18)15-7-1-2-12(9-15)10-16/h3-6,12,16H,1-2,7-10H2/t12-/m1/s1. The van der Waals surface area contributed by atoms with Gasteiger partial charge < -0.3 is 5.11 Å². The van der Waals surface area contributed by atoms with Gasteiger partial charge in [-0.15, -0.1) is 0 Å². The van der Waals surface area contributed by atoms with E-state index in [1.807, 2.05) is 12.1 Å². The van der Waals surface area contributed by atoms with Crippen molar-refractivity contribution >= 4 is 26.0 Å². The first-order chi connectivity index (χ1) is 9.07. The van der Waals surface area contributed by atoms with E-state index < -0.39 is 10.0 Å². The van der Waals surface area contributed by atoms with Crippen molar-refractivity contribution in [3.05, 3.63) is 29.8 Å². The van der Waals surface area contributed by atoms with Crippen LogP contribution in [0, 0.1) is 5.92 Å². The number of sulfonamides is 1. The average molecular weight is 348 g/mol. The molecule has 0 aliphatic carbocycles. The minimum absolute atomic E-state index is 0.0501. The Morgan fingerprint density at radius 2 is 2.00 bits per heavy atom. The molecule has 4 nitrogen and oxygen atoms in total. The van der Waals surface area contributed by atoms with Crippen LogP contribution in [0.15, 0.2) is 29.2 Å². The van der Waals surface area contributed by atoms with E-state index in [1.165, 1.54) is 4.31 Å². The van der Waals surface area contributed by atoms with Crippen LogP contribution in [0.2, 0.25) is 0 Å². The topological polar surface area (TPSA) is 57.6 Å². The molecule has 0 amide bonds. The number of hydrogen-bond donors (Lipinski definition) is 1. The summed E-state index contributed by atoms with van der Waals surface area (Å²) < 4.78 is 26.4. The largest absolute Gasteiger partial charge is 0.396 e. The number of rotatable bonds is 4. The number of aliphatic hydroxyl groups is 1. The average Bonchev–Trinajstić information content (AvgIpc) is 2.47. The normalized spacial score (nSPS) is 21.5. The minimum atomic E-state index is -3.42. The van der Waals surface area contributed by atoms with Crippen molar-refractivity contribution in [3.63, 3.8) is 0 Å². The summed E-state index contributed by atoms with van der Waals surface area (Å²) in [5.41, 5.74) is 1.05. The molecule has 0 radical (unpaired) electrons. The number of hydrogen-bond acceptors (Lipinski definition) is 3. The van der Waals surface area contributed by atoms with E-state index in [0.717, 1.165) is 18.4 Å². The Hall–Kier alpha value is -0.430. The maximum Gasteiger partial charge on any atom is 0.243 e. The lowest BCUT2D eigenvalue weighted by atomic mass is 10.0. The molecule has 6 heteroatoms. The summed E-state index contributed by atoms with van der Waals surface area (Å²) in [4.78, 5) is 0.329. The van der Waals surface area contributed by atoms with Gasteiger partial charge in [0, 0.05) is 25.0 Å². The molecule has 0 unspecified atom stereocenters. The molecule has 1 aliphatic heterocycles. The van der Waals surface area contributed by atoms with Crippen LogP contribution in [0.4, 0.5) is 0 Å². The third kappa shape index (κ3) is 3.37. The maximum absolute atomic E-state index is 12.5. The van der Waals surface area contributed by atoms with E-state index in [2.05, 4.69) is 15.9 Å². The molecular weight excluding hydrogens is 330 g/mol. The van der Waals surface area contributed by atoms with Crippen LogP contribution in [0.3, 0.4) is 0 Å². The highest BCUT2D eigenvalue weighted by Crippen LogP contribution is 2.24. The molecule has 1 saturated heterocycles. The second kappa shape index (κ2) is 6.35. The second-order valence-corrected chi connectivity index (χ2v) is 7.33. The molecule has 2 rings (SSSR count). The van der Waals surface area contributed by atoms with Gasteiger partial charge in [-0.2, -0.15) is 4.31 Å². The highest BCUT2D eigenvalue weighted by atomic mass is 79.9. The predicted molar refractivity (Wildman–Crippen MR) is 77.6 cm³/mol. The van der Waals surface area contributed by atoms with Gasteiger partial charge in [0.2, 0.25) is 10.0 Å². The van der Waals surface area contributed by atoms with Crippen LogP contribution in [0.25, 0.3) is 0 Å². The van der Waals surface area contributed by atoms with Crippen LogP contribution in [-0.2, 0) is 15.4 Å². The minimum Gasteiger partial charge on any atom is -0.396 e. The summed E-state index contributed by atoms with van der Waals surface area (Å²) in [7, 11) is -3.42.